The number of carbonyl (C=O) groups is 1. The van der Waals surface area contributed by atoms with Crippen molar-refractivity contribution in [2.75, 3.05) is 7.05 Å². The van der Waals surface area contributed by atoms with Gasteiger partial charge in [-0.1, -0.05) is 34.1 Å². The van der Waals surface area contributed by atoms with Crippen LogP contribution >= 0.6 is 15.9 Å². The van der Waals surface area contributed by atoms with Crippen LogP contribution in [0.15, 0.2) is 24.3 Å². The minimum Gasteiger partial charge on any atom is -0.332 e. The van der Waals surface area contributed by atoms with Gasteiger partial charge in [-0.3, -0.25) is 4.79 Å². The molecule has 0 N–H and O–H groups in total. The van der Waals surface area contributed by atoms with Crippen LogP contribution < -0.4 is 0 Å². The molecule has 1 atom stereocenters. The average Bonchev–Trinajstić information content (AvgIpc) is 3.09. The summed E-state index contributed by atoms with van der Waals surface area (Å²) >= 11 is 3.72. The first kappa shape index (κ1) is 10.6. The third-order valence-corrected chi connectivity index (χ3v) is 5.44. The van der Waals surface area contributed by atoms with Crippen LogP contribution in [0.1, 0.15) is 28.3 Å². The van der Waals surface area contributed by atoms with Gasteiger partial charge in [0.2, 0.25) is 0 Å². The Morgan fingerprint density at radius 2 is 2.11 bits per heavy atom. The quantitative estimate of drug-likeness (QED) is 0.702. The Hall–Kier alpha value is -1.36. The summed E-state index contributed by atoms with van der Waals surface area (Å²) in [5.41, 5.74) is 1.52. The van der Waals surface area contributed by atoms with Crippen molar-refractivity contribution in [3.05, 3.63) is 30.0 Å². The molecule has 5 heteroatoms. The summed E-state index contributed by atoms with van der Waals surface area (Å²) in [7, 11) is 1.90. The maximum absolute atomic E-state index is 12.5. The maximum Gasteiger partial charge on any atom is 0.273 e. The van der Waals surface area contributed by atoms with Crippen molar-refractivity contribution in [3.63, 3.8) is 0 Å². The molecule has 1 unspecified atom stereocenters. The lowest BCUT2D eigenvalue weighted by molar-refractivity contribution is 0.0612. The lowest BCUT2D eigenvalue weighted by Crippen LogP contribution is -2.49. The molecule has 0 radical (unpaired) electrons. The Balaban J connectivity index is 2.05. The first-order chi connectivity index (χ1) is 8.65. The van der Waals surface area contributed by atoms with Crippen molar-refractivity contribution in [2.45, 2.75) is 23.3 Å². The van der Waals surface area contributed by atoms with E-state index in [4.69, 9.17) is 0 Å². The van der Waals surface area contributed by atoms with Gasteiger partial charge in [-0.25, -0.2) is 4.68 Å². The van der Waals surface area contributed by atoms with E-state index in [9.17, 15) is 4.79 Å². The van der Waals surface area contributed by atoms with E-state index in [1.165, 1.54) is 0 Å². The molecule has 1 aromatic carbocycles. The number of benzene rings is 1. The highest BCUT2D eigenvalue weighted by Gasteiger charge is 2.58. The number of hydrogen-bond donors (Lipinski definition) is 0. The molecule has 1 aromatic heterocycles. The number of amides is 1. The molecule has 92 valence electrons. The second kappa shape index (κ2) is 3.15. The molecule has 0 bridgehead atoms. The Labute approximate surface area is 113 Å². The normalized spacial score (nSPS) is 24.7. The van der Waals surface area contributed by atoms with E-state index >= 15 is 0 Å². The Bertz CT molecular complexity index is 674. The molecule has 1 aliphatic heterocycles. The molecular formula is C13H12BrN3O. The molecule has 4 rings (SSSR count). The van der Waals surface area contributed by atoms with Gasteiger partial charge in [0, 0.05) is 12.4 Å². The van der Waals surface area contributed by atoms with Crippen molar-refractivity contribution >= 4 is 32.7 Å². The van der Waals surface area contributed by atoms with E-state index < -0.39 is 0 Å². The molecule has 1 fully saturated rings. The van der Waals surface area contributed by atoms with Gasteiger partial charge >= 0.3 is 0 Å². The second-order valence-corrected chi connectivity index (χ2v) is 5.98. The molecule has 2 aromatic rings. The number of hydrogen-bond acceptors (Lipinski definition) is 2. The number of alkyl halides is 1. The first-order valence-corrected chi connectivity index (χ1v) is 6.96. The molecule has 0 saturated heterocycles. The summed E-state index contributed by atoms with van der Waals surface area (Å²) in [6.45, 7) is 0. The van der Waals surface area contributed by atoms with Crippen molar-refractivity contribution in [2.24, 2.45) is 0 Å². The number of fused-ring (bicyclic) bond motifs is 3. The number of likely N-dealkylation sites (N-methyl/N-ethyl adjacent to an activating group) is 1. The Morgan fingerprint density at radius 1 is 1.39 bits per heavy atom. The zero-order valence-electron chi connectivity index (χ0n) is 9.93. The van der Waals surface area contributed by atoms with Crippen molar-refractivity contribution in [1.29, 1.82) is 0 Å². The molecule has 4 nitrogen and oxygen atoms in total. The SMILES string of the molecule is CN1C(=O)c2c3ccccc3nn2C(Br)C12CC2. The summed E-state index contributed by atoms with van der Waals surface area (Å²) in [6.07, 6.45) is 2.08. The van der Waals surface area contributed by atoms with E-state index in [0.29, 0.717) is 5.69 Å². The average molecular weight is 306 g/mol. The number of aromatic nitrogens is 2. The van der Waals surface area contributed by atoms with Crippen LogP contribution in [-0.4, -0.2) is 33.2 Å². The van der Waals surface area contributed by atoms with Crippen molar-refractivity contribution in [1.82, 2.24) is 14.7 Å². The van der Waals surface area contributed by atoms with E-state index in [1.54, 1.807) is 0 Å². The molecule has 1 spiro atoms. The van der Waals surface area contributed by atoms with Gasteiger partial charge in [-0.15, -0.1) is 0 Å². The lowest BCUT2D eigenvalue weighted by Gasteiger charge is -2.37. The topological polar surface area (TPSA) is 38.1 Å². The number of halogens is 1. The molecule has 2 heterocycles. The fourth-order valence-electron chi connectivity index (χ4n) is 2.88. The summed E-state index contributed by atoms with van der Waals surface area (Å²) in [6, 6.07) is 7.81. The predicted molar refractivity (Wildman–Crippen MR) is 71.8 cm³/mol. The van der Waals surface area contributed by atoms with Crippen LogP contribution in [0.25, 0.3) is 10.9 Å². The van der Waals surface area contributed by atoms with Crippen molar-refractivity contribution in [3.8, 4) is 0 Å². The molecular weight excluding hydrogens is 294 g/mol. The summed E-state index contributed by atoms with van der Waals surface area (Å²) in [5.74, 6) is 0.0805. The highest BCUT2D eigenvalue weighted by molar-refractivity contribution is 9.09. The maximum atomic E-state index is 12.5. The van der Waals surface area contributed by atoms with Gasteiger partial charge in [0.15, 0.2) is 0 Å². The van der Waals surface area contributed by atoms with Gasteiger partial charge in [-0.2, -0.15) is 5.10 Å². The zero-order chi connectivity index (χ0) is 12.5. The molecule has 1 aliphatic carbocycles. The third kappa shape index (κ3) is 1.06. The van der Waals surface area contributed by atoms with E-state index in [1.807, 2.05) is 40.9 Å². The zero-order valence-corrected chi connectivity index (χ0v) is 11.5. The van der Waals surface area contributed by atoms with E-state index in [0.717, 1.165) is 23.7 Å². The summed E-state index contributed by atoms with van der Waals surface area (Å²) < 4.78 is 1.86. The van der Waals surface area contributed by atoms with Gasteiger partial charge in [-0.05, 0) is 18.9 Å². The number of carbonyl (C=O) groups excluding carboxylic acids is 1. The minimum absolute atomic E-state index is 0.0634. The van der Waals surface area contributed by atoms with Crippen LogP contribution in [0.5, 0.6) is 0 Å². The lowest BCUT2D eigenvalue weighted by atomic mass is 10.1. The molecule has 18 heavy (non-hydrogen) atoms. The summed E-state index contributed by atoms with van der Waals surface area (Å²) in [4.78, 5) is 14.5. The minimum atomic E-state index is -0.0634. The van der Waals surface area contributed by atoms with Gasteiger partial charge in [0.25, 0.3) is 5.91 Å². The highest BCUT2D eigenvalue weighted by Crippen LogP contribution is 2.55. The van der Waals surface area contributed by atoms with Gasteiger partial charge < -0.3 is 4.90 Å². The fraction of sp³-hybridized carbons (Fsp3) is 0.385. The van der Waals surface area contributed by atoms with Crippen LogP contribution in [0.3, 0.4) is 0 Å². The van der Waals surface area contributed by atoms with Gasteiger partial charge in [0.1, 0.15) is 10.6 Å². The monoisotopic (exact) mass is 305 g/mol. The summed E-state index contributed by atoms with van der Waals surface area (Å²) in [5, 5.41) is 5.52. The highest BCUT2D eigenvalue weighted by atomic mass is 79.9. The van der Waals surface area contributed by atoms with Crippen LogP contribution in [0.4, 0.5) is 0 Å². The smallest absolute Gasteiger partial charge is 0.273 e. The second-order valence-electron chi connectivity index (χ2n) is 5.11. The van der Waals surface area contributed by atoms with Crippen LogP contribution in [0, 0.1) is 0 Å². The standard InChI is InChI=1S/C13H12BrN3O/c1-16-11(18)10-8-4-2-3-5-9(8)15-17(10)12(14)13(16)6-7-13/h2-5,12H,6-7H2,1H3. The number of rotatable bonds is 0. The Kier molecular flexibility index (Phi) is 1.84. The fourth-order valence-corrected chi connectivity index (χ4v) is 3.94. The third-order valence-electron chi connectivity index (χ3n) is 4.20. The van der Waals surface area contributed by atoms with Crippen LogP contribution in [-0.2, 0) is 0 Å². The van der Waals surface area contributed by atoms with Crippen molar-refractivity contribution < 1.29 is 4.79 Å². The Morgan fingerprint density at radius 3 is 2.83 bits per heavy atom. The largest absolute Gasteiger partial charge is 0.332 e. The van der Waals surface area contributed by atoms with Crippen LogP contribution in [0.2, 0.25) is 0 Å². The number of nitrogens with zero attached hydrogens (tertiary/aromatic N) is 3. The first-order valence-electron chi connectivity index (χ1n) is 6.05. The molecule has 1 saturated carbocycles. The van der Waals surface area contributed by atoms with Gasteiger partial charge in [0.05, 0.1) is 11.1 Å². The molecule has 1 amide bonds. The predicted octanol–water partition coefficient (Wildman–Crippen LogP) is 2.55. The van der Waals surface area contributed by atoms with E-state index in [-0.39, 0.29) is 16.4 Å². The van der Waals surface area contributed by atoms with E-state index in [2.05, 4.69) is 21.0 Å². The molecule has 2 aliphatic rings.